The molecule has 0 saturated carbocycles. The topological polar surface area (TPSA) is 73.0 Å². The number of hydrogen-bond acceptors (Lipinski definition) is 5. The third-order valence-electron chi connectivity index (χ3n) is 5.12. The fourth-order valence-electron chi connectivity index (χ4n) is 3.86. The highest BCUT2D eigenvalue weighted by molar-refractivity contribution is 6.00. The van der Waals surface area contributed by atoms with Gasteiger partial charge in [-0.3, -0.25) is 4.79 Å². The average Bonchev–Trinajstić information content (AvgIpc) is 3.37. The molecular weight excluding hydrogens is 340 g/mol. The van der Waals surface area contributed by atoms with Crippen LogP contribution in [-0.2, 0) is 4.79 Å². The Morgan fingerprint density at radius 2 is 2.04 bits per heavy atom. The second-order valence-electron chi connectivity index (χ2n) is 6.80. The predicted molar refractivity (Wildman–Crippen MR) is 101 cm³/mol. The Labute approximate surface area is 156 Å². The van der Waals surface area contributed by atoms with Gasteiger partial charge in [-0.25, -0.2) is 4.68 Å². The first-order chi connectivity index (χ1) is 13.3. The fraction of sp³-hybridized carbons (Fsp3) is 0.190. The van der Waals surface area contributed by atoms with E-state index >= 15 is 0 Å². The van der Waals surface area contributed by atoms with Crippen LogP contribution in [0.25, 0.3) is 6.08 Å². The minimum atomic E-state index is -0.260. The van der Waals surface area contributed by atoms with E-state index in [2.05, 4.69) is 15.4 Å². The molecule has 2 aliphatic rings. The van der Waals surface area contributed by atoms with Gasteiger partial charge in [0.1, 0.15) is 18.1 Å². The van der Waals surface area contributed by atoms with E-state index in [1.54, 1.807) is 10.9 Å². The number of ketones is 1. The lowest BCUT2D eigenvalue weighted by Crippen LogP contribution is -2.32. The monoisotopic (exact) mass is 358 g/mol. The van der Waals surface area contributed by atoms with Crippen LogP contribution in [0.1, 0.15) is 36.1 Å². The van der Waals surface area contributed by atoms with E-state index in [9.17, 15) is 4.79 Å². The van der Waals surface area contributed by atoms with Crippen molar-refractivity contribution in [1.82, 2.24) is 14.8 Å². The summed E-state index contributed by atoms with van der Waals surface area (Å²) < 4.78 is 7.31. The third kappa shape index (κ3) is 2.79. The summed E-state index contributed by atoms with van der Waals surface area (Å²) in [6.07, 6.45) is 8.37. The smallest absolute Gasteiger partial charge is 0.226 e. The van der Waals surface area contributed by atoms with Crippen molar-refractivity contribution >= 4 is 17.8 Å². The Morgan fingerprint density at radius 3 is 2.85 bits per heavy atom. The van der Waals surface area contributed by atoms with E-state index in [0.29, 0.717) is 12.4 Å². The molecule has 2 aromatic heterocycles. The summed E-state index contributed by atoms with van der Waals surface area (Å²) >= 11 is 0. The number of carbonyl (C=O) groups excluding carboxylic acids is 1. The van der Waals surface area contributed by atoms with Gasteiger partial charge in [0.15, 0.2) is 5.78 Å². The largest absolute Gasteiger partial charge is 0.469 e. The molecule has 2 unspecified atom stereocenters. The zero-order valence-corrected chi connectivity index (χ0v) is 14.6. The summed E-state index contributed by atoms with van der Waals surface area (Å²) in [6, 6.07) is 13.6. The summed E-state index contributed by atoms with van der Waals surface area (Å²) in [5, 5.41) is 7.63. The first-order valence-electron chi connectivity index (χ1n) is 8.99. The van der Waals surface area contributed by atoms with Crippen LogP contribution in [0.15, 0.2) is 76.8 Å². The quantitative estimate of drug-likeness (QED) is 0.767. The summed E-state index contributed by atoms with van der Waals surface area (Å²) in [4.78, 5) is 17.4. The highest BCUT2D eigenvalue weighted by Crippen LogP contribution is 2.42. The maximum absolute atomic E-state index is 13.1. The second kappa shape index (κ2) is 6.39. The molecule has 0 saturated heterocycles. The molecule has 0 fully saturated rings. The van der Waals surface area contributed by atoms with Crippen LogP contribution < -0.4 is 5.32 Å². The standard InChI is InChI=1S/C21H18N4O2/c26-18-12-15(19-7-4-10-27-19)11-16-20(18)17(25-21(24-16)22-13-23-25)9-8-14-5-2-1-3-6-14/h1-10,13,15,17H,11-12H2,(H,22,23,24). The first-order valence-corrected chi connectivity index (χ1v) is 8.99. The van der Waals surface area contributed by atoms with Crippen molar-refractivity contribution in [2.45, 2.75) is 24.8 Å². The molecule has 134 valence electrons. The molecule has 27 heavy (non-hydrogen) atoms. The maximum Gasteiger partial charge on any atom is 0.226 e. The van der Waals surface area contributed by atoms with Gasteiger partial charge in [0.05, 0.1) is 6.26 Å². The van der Waals surface area contributed by atoms with Crippen LogP contribution in [0.4, 0.5) is 5.95 Å². The number of rotatable bonds is 3. The van der Waals surface area contributed by atoms with Crippen molar-refractivity contribution in [3.8, 4) is 0 Å². The Kier molecular flexibility index (Phi) is 3.74. The van der Waals surface area contributed by atoms with Crippen LogP contribution in [-0.4, -0.2) is 20.5 Å². The molecule has 0 amide bonds. The number of allylic oxidation sites excluding steroid dienone is 3. The minimum absolute atomic E-state index is 0.0481. The van der Waals surface area contributed by atoms with Gasteiger partial charge in [-0.05, 0) is 24.1 Å². The van der Waals surface area contributed by atoms with Gasteiger partial charge in [0.25, 0.3) is 0 Å². The highest BCUT2D eigenvalue weighted by Gasteiger charge is 2.38. The van der Waals surface area contributed by atoms with Crippen LogP contribution in [0.5, 0.6) is 0 Å². The molecule has 5 rings (SSSR count). The zero-order valence-electron chi connectivity index (χ0n) is 14.6. The maximum atomic E-state index is 13.1. The molecular formula is C21H18N4O2. The van der Waals surface area contributed by atoms with Crippen LogP contribution in [0.2, 0.25) is 0 Å². The van der Waals surface area contributed by atoms with Gasteiger partial charge in [-0.2, -0.15) is 10.1 Å². The number of hydrogen-bond donors (Lipinski definition) is 1. The van der Waals surface area contributed by atoms with E-state index < -0.39 is 0 Å². The molecule has 1 N–H and O–H groups in total. The van der Waals surface area contributed by atoms with Crippen molar-refractivity contribution in [1.29, 1.82) is 0 Å². The van der Waals surface area contributed by atoms with Crippen molar-refractivity contribution in [2.24, 2.45) is 0 Å². The molecule has 0 spiro atoms. The SMILES string of the molecule is O=C1CC(c2ccco2)CC2=C1C(C=Cc1ccccc1)n1ncnc1N2. The summed E-state index contributed by atoms with van der Waals surface area (Å²) in [6.45, 7) is 0. The Hall–Kier alpha value is -3.41. The lowest BCUT2D eigenvalue weighted by molar-refractivity contribution is -0.116. The lowest BCUT2D eigenvalue weighted by atomic mass is 9.81. The molecule has 1 aliphatic heterocycles. The number of furan rings is 1. The van der Waals surface area contributed by atoms with Gasteiger partial charge in [-0.15, -0.1) is 0 Å². The predicted octanol–water partition coefficient (Wildman–Crippen LogP) is 3.95. The van der Waals surface area contributed by atoms with Crippen molar-refractivity contribution in [2.75, 3.05) is 5.32 Å². The number of nitrogens with zero attached hydrogens (tertiary/aromatic N) is 3. The van der Waals surface area contributed by atoms with Crippen molar-refractivity contribution in [3.05, 3.63) is 83.7 Å². The van der Waals surface area contributed by atoms with E-state index in [-0.39, 0.29) is 17.7 Å². The van der Waals surface area contributed by atoms with Crippen LogP contribution in [0, 0.1) is 0 Å². The van der Waals surface area contributed by atoms with E-state index in [0.717, 1.165) is 29.0 Å². The van der Waals surface area contributed by atoms with Crippen LogP contribution in [0.3, 0.4) is 0 Å². The normalized spacial score (nSPS) is 21.9. The molecule has 1 aromatic carbocycles. The number of aromatic nitrogens is 3. The Morgan fingerprint density at radius 1 is 1.15 bits per heavy atom. The van der Waals surface area contributed by atoms with Gasteiger partial charge in [-0.1, -0.05) is 42.5 Å². The molecule has 0 radical (unpaired) electrons. The van der Waals surface area contributed by atoms with Crippen molar-refractivity contribution in [3.63, 3.8) is 0 Å². The fourth-order valence-corrected chi connectivity index (χ4v) is 3.86. The second-order valence-corrected chi connectivity index (χ2v) is 6.80. The Bertz CT molecular complexity index is 1030. The van der Waals surface area contributed by atoms with E-state index in [1.165, 1.54) is 6.33 Å². The minimum Gasteiger partial charge on any atom is -0.469 e. The van der Waals surface area contributed by atoms with Gasteiger partial charge < -0.3 is 9.73 Å². The number of benzene rings is 1. The molecule has 0 bridgehead atoms. The number of nitrogens with one attached hydrogen (secondary N) is 1. The third-order valence-corrected chi connectivity index (χ3v) is 5.12. The molecule has 1 aliphatic carbocycles. The molecule has 6 heteroatoms. The van der Waals surface area contributed by atoms with Gasteiger partial charge in [0.2, 0.25) is 5.95 Å². The summed E-state index contributed by atoms with van der Waals surface area (Å²) in [5.41, 5.74) is 2.76. The van der Waals surface area contributed by atoms with Gasteiger partial charge >= 0.3 is 0 Å². The van der Waals surface area contributed by atoms with Crippen molar-refractivity contribution < 1.29 is 9.21 Å². The van der Waals surface area contributed by atoms with Gasteiger partial charge in [0, 0.05) is 23.6 Å². The van der Waals surface area contributed by atoms with Crippen LogP contribution >= 0.6 is 0 Å². The molecule has 3 aromatic rings. The Balaban J connectivity index is 1.53. The van der Waals surface area contributed by atoms with E-state index in [1.807, 2.05) is 54.6 Å². The molecule has 3 heterocycles. The highest BCUT2D eigenvalue weighted by atomic mass is 16.3. The first kappa shape index (κ1) is 15.8. The summed E-state index contributed by atoms with van der Waals surface area (Å²) in [5.74, 6) is 1.67. The number of carbonyl (C=O) groups is 1. The molecule has 6 nitrogen and oxygen atoms in total. The number of anilines is 1. The van der Waals surface area contributed by atoms with E-state index in [4.69, 9.17) is 4.42 Å². The average molecular weight is 358 g/mol. The molecule has 2 atom stereocenters. The number of Topliss-reactive ketones (excluding diaryl/α,β-unsaturated/α-hetero) is 1. The summed E-state index contributed by atoms with van der Waals surface area (Å²) in [7, 11) is 0. The lowest BCUT2D eigenvalue weighted by Gasteiger charge is -2.33. The zero-order chi connectivity index (χ0) is 18.2. The number of fused-ring (bicyclic) bond motifs is 1.